The maximum absolute atomic E-state index is 5.89. The molecule has 4 heterocycles. The second-order valence-electron chi connectivity index (χ2n) is 6.40. The second-order valence-corrected chi connectivity index (χ2v) is 7.18. The molecule has 0 spiro atoms. The van der Waals surface area contributed by atoms with Crippen LogP contribution in [0.2, 0.25) is 10.3 Å². The molecule has 6 nitrogen and oxygen atoms in total. The average molecular weight is 592 g/mol. The molecular weight excluding hydrogens is 578 g/mol. The first kappa shape index (κ1) is 20.7. The first-order valence-corrected chi connectivity index (χ1v) is 8.91. The van der Waals surface area contributed by atoms with Gasteiger partial charge in [-0.2, -0.15) is 0 Å². The van der Waals surface area contributed by atoms with E-state index in [0.29, 0.717) is 21.9 Å². The molecule has 28 heavy (non-hydrogen) atoms. The van der Waals surface area contributed by atoms with Crippen LogP contribution in [0, 0.1) is 12.4 Å². The van der Waals surface area contributed by atoms with Crippen LogP contribution in [0.1, 0.15) is 25.2 Å². The zero-order chi connectivity index (χ0) is 19.0. The van der Waals surface area contributed by atoms with Gasteiger partial charge in [0.05, 0.1) is 11.6 Å². The van der Waals surface area contributed by atoms with Crippen LogP contribution in [0.4, 0.5) is 0 Å². The average Bonchev–Trinajstić information content (AvgIpc) is 3.30. The van der Waals surface area contributed by atoms with E-state index in [0.717, 1.165) is 11.4 Å². The first-order valence-electron chi connectivity index (χ1n) is 8.16. The van der Waals surface area contributed by atoms with E-state index in [1.165, 1.54) is 9.36 Å². The number of nitrogens with zero attached hydrogens (tertiary/aromatic N) is 6. The molecule has 0 aromatic carbocycles. The van der Waals surface area contributed by atoms with Gasteiger partial charge in [0.15, 0.2) is 0 Å². The van der Waals surface area contributed by atoms with Crippen molar-refractivity contribution < 1.29 is 21.1 Å². The van der Waals surface area contributed by atoms with Crippen LogP contribution in [0.25, 0.3) is 11.6 Å². The monoisotopic (exact) mass is 591 g/mol. The molecule has 0 fully saturated rings. The van der Waals surface area contributed by atoms with Gasteiger partial charge in [0.2, 0.25) is 0 Å². The molecule has 9 heteroatoms. The molecule has 0 bridgehead atoms. The van der Waals surface area contributed by atoms with Gasteiger partial charge in [-0.05, 0) is 26.0 Å². The fraction of sp³-hybridized carbons (Fsp3) is 0.158. The molecule has 0 saturated heterocycles. The number of aromatic nitrogens is 6. The second kappa shape index (κ2) is 8.16. The SMILES string of the molecule is CC(C)(c1cccc(-n2[c-]cc(Cl)n2)n1)c1cccc(-n2[c-]cc(Cl)n2)n1.[Pt+2]. The minimum absolute atomic E-state index is 0. The zero-order valence-electron chi connectivity index (χ0n) is 14.9. The number of hydrogen-bond acceptors (Lipinski definition) is 4. The normalized spacial score (nSPS) is 11.3. The Bertz CT molecular complexity index is 1020. The fourth-order valence-corrected chi connectivity index (χ4v) is 2.93. The van der Waals surface area contributed by atoms with Gasteiger partial charge in [0.1, 0.15) is 0 Å². The van der Waals surface area contributed by atoms with Gasteiger partial charge in [0.25, 0.3) is 0 Å². The van der Waals surface area contributed by atoms with Gasteiger partial charge in [-0.15, -0.1) is 35.3 Å². The smallest absolute Gasteiger partial charge is 0.342 e. The van der Waals surface area contributed by atoms with Gasteiger partial charge >= 0.3 is 21.1 Å². The number of rotatable bonds is 4. The van der Waals surface area contributed by atoms with Crippen molar-refractivity contribution in [3.63, 3.8) is 0 Å². The molecule has 0 atom stereocenters. The van der Waals surface area contributed by atoms with Crippen LogP contribution in [0.3, 0.4) is 0 Å². The van der Waals surface area contributed by atoms with Crippen molar-refractivity contribution in [1.29, 1.82) is 0 Å². The van der Waals surface area contributed by atoms with Gasteiger partial charge in [0, 0.05) is 27.1 Å². The molecule has 4 aromatic rings. The van der Waals surface area contributed by atoms with E-state index in [9.17, 15) is 0 Å². The maximum atomic E-state index is 5.89. The summed E-state index contributed by atoms with van der Waals surface area (Å²) in [6.07, 6.45) is 5.88. The molecule has 0 aliphatic heterocycles. The molecule has 144 valence electrons. The van der Waals surface area contributed by atoms with Gasteiger partial charge in [-0.1, -0.05) is 36.7 Å². The minimum atomic E-state index is -0.458. The summed E-state index contributed by atoms with van der Waals surface area (Å²) in [6.45, 7) is 4.12. The third kappa shape index (κ3) is 4.04. The summed E-state index contributed by atoms with van der Waals surface area (Å²) in [5.74, 6) is 1.27. The molecule has 0 unspecified atom stereocenters. The number of hydrogen-bond donors (Lipinski definition) is 0. The topological polar surface area (TPSA) is 61.4 Å². The van der Waals surface area contributed by atoms with E-state index in [4.69, 9.17) is 33.2 Å². The van der Waals surface area contributed by atoms with Gasteiger partial charge in [-0.25, -0.2) is 10.2 Å². The molecule has 0 amide bonds. The molecular formula is C19H14Cl2N6Pt. The van der Waals surface area contributed by atoms with Crippen molar-refractivity contribution >= 4 is 23.2 Å². The molecule has 0 aliphatic carbocycles. The molecule has 0 aliphatic rings. The van der Waals surface area contributed by atoms with Crippen molar-refractivity contribution in [1.82, 2.24) is 29.5 Å². The Labute approximate surface area is 186 Å². The van der Waals surface area contributed by atoms with Crippen LogP contribution in [0.15, 0.2) is 48.5 Å². The predicted octanol–water partition coefficient (Wildman–Crippen LogP) is 4.08. The first-order chi connectivity index (χ1) is 12.9. The van der Waals surface area contributed by atoms with Crippen LogP contribution < -0.4 is 0 Å². The predicted molar refractivity (Wildman–Crippen MR) is 103 cm³/mol. The third-order valence-corrected chi connectivity index (χ3v) is 4.56. The summed E-state index contributed by atoms with van der Waals surface area (Å²) in [6, 6.07) is 14.7. The van der Waals surface area contributed by atoms with Crippen molar-refractivity contribution in [2.24, 2.45) is 0 Å². The van der Waals surface area contributed by atoms with Gasteiger partial charge in [-0.3, -0.25) is 9.97 Å². The van der Waals surface area contributed by atoms with E-state index < -0.39 is 5.41 Å². The summed E-state index contributed by atoms with van der Waals surface area (Å²) in [7, 11) is 0. The standard InChI is InChI=1S/C19H14Cl2N6.Pt/c1-19(2,13-5-3-7-17(22-13)26-11-9-15(20)24-26)14-6-4-8-18(23-14)27-12-10-16(21)25-27;/h3-10H,1-2H3;/q-2;+2. The van der Waals surface area contributed by atoms with Gasteiger partial charge < -0.3 is 9.36 Å². The Balaban J connectivity index is 0.00000225. The Kier molecular flexibility index (Phi) is 6.03. The van der Waals surface area contributed by atoms with Crippen molar-refractivity contribution in [2.75, 3.05) is 0 Å². The van der Waals surface area contributed by atoms with E-state index in [2.05, 4.69) is 36.4 Å². The molecule has 0 saturated carbocycles. The number of pyridine rings is 2. The largest absolute Gasteiger partial charge is 2.00 e. The van der Waals surface area contributed by atoms with Crippen molar-refractivity contribution in [2.45, 2.75) is 19.3 Å². The van der Waals surface area contributed by atoms with E-state index in [1.54, 1.807) is 12.1 Å². The summed E-state index contributed by atoms with van der Waals surface area (Å²) < 4.78 is 3.04. The summed E-state index contributed by atoms with van der Waals surface area (Å²) in [4.78, 5) is 9.46. The fourth-order valence-electron chi connectivity index (χ4n) is 2.68. The van der Waals surface area contributed by atoms with Crippen LogP contribution in [-0.2, 0) is 26.5 Å². The van der Waals surface area contributed by atoms with E-state index in [1.807, 2.05) is 36.4 Å². The Morgan fingerprint density at radius 1 is 0.786 bits per heavy atom. The molecule has 0 radical (unpaired) electrons. The van der Waals surface area contributed by atoms with E-state index in [-0.39, 0.29) is 21.1 Å². The Morgan fingerprint density at radius 3 is 1.57 bits per heavy atom. The number of halogens is 2. The Morgan fingerprint density at radius 2 is 1.21 bits per heavy atom. The van der Waals surface area contributed by atoms with Crippen molar-refractivity contribution in [3.8, 4) is 11.6 Å². The molecule has 4 aromatic heterocycles. The third-order valence-electron chi connectivity index (χ3n) is 4.19. The maximum Gasteiger partial charge on any atom is 2.00 e. The molecule has 4 rings (SSSR count). The molecule has 0 N–H and O–H groups in total. The Hall–Kier alpha value is -2.01. The zero-order valence-corrected chi connectivity index (χ0v) is 18.7. The van der Waals surface area contributed by atoms with Crippen LogP contribution in [0.5, 0.6) is 0 Å². The quantitative estimate of drug-likeness (QED) is 0.336. The minimum Gasteiger partial charge on any atom is -0.342 e. The van der Waals surface area contributed by atoms with Crippen LogP contribution in [-0.4, -0.2) is 29.5 Å². The van der Waals surface area contributed by atoms with E-state index >= 15 is 0 Å². The van der Waals surface area contributed by atoms with Crippen molar-refractivity contribution in [3.05, 3.63) is 82.6 Å². The van der Waals surface area contributed by atoms with Crippen LogP contribution >= 0.6 is 23.2 Å². The summed E-state index contributed by atoms with van der Waals surface area (Å²) in [5.41, 5.74) is 1.22. The summed E-state index contributed by atoms with van der Waals surface area (Å²) >= 11 is 11.8. The summed E-state index contributed by atoms with van der Waals surface area (Å²) in [5, 5.41) is 9.04.